The third-order valence-corrected chi connectivity index (χ3v) is 4.35. The Balaban J connectivity index is 2.28. The lowest BCUT2D eigenvalue weighted by Gasteiger charge is -2.20. The van der Waals surface area contributed by atoms with Crippen LogP contribution >= 0.6 is 27.5 Å². The molecule has 92 valence electrons. The van der Waals surface area contributed by atoms with E-state index >= 15 is 0 Å². The summed E-state index contributed by atoms with van der Waals surface area (Å²) in [6, 6.07) is 6.53. The van der Waals surface area contributed by atoms with Crippen LogP contribution in [0.1, 0.15) is 37.8 Å². The molecule has 1 atom stereocenters. The van der Waals surface area contributed by atoms with Crippen molar-refractivity contribution in [3.05, 3.63) is 44.9 Å². The average Bonchev–Trinajstić information content (AvgIpc) is 2.83. The quantitative estimate of drug-likeness (QED) is 0.782. The molecule has 0 saturated heterocycles. The molecule has 2 rings (SSSR count). The van der Waals surface area contributed by atoms with Crippen molar-refractivity contribution in [1.82, 2.24) is 5.32 Å². The van der Waals surface area contributed by atoms with Gasteiger partial charge in [-0.15, -0.1) is 0 Å². The van der Waals surface area contributed by atoms with Crippen molar-refractivity contribution in [2.45, 2.75) is 32.2 Å². The van der Waals surface area contributed by atoms with Crippen molar-refractivity contribution < 1.29 is 0 Å². The highest BCUT2D eigenvalue weighted by atomic mass is 79.9. The van der Waals surface area contributed by atoms with E-state index in [9.17, 15) is 0 Å². The molecule has 0 aliphatic heterocycles. The Morgan fingerprint density at radius 1 is 1.47 bits per heavy atom. The molecule has 0 bridgehead atoms. The third-order valence-electron chi connectivity index (χ3n) is 3.13. The van der Waals surface area contributed by atoms with E-state index in [1.807, 2.05) is 6.07 Å². The molecule has 17 heavy (non-hydrogen) atoms. The van der Waals surface area contributed by atoms with Crippen LogP contribution in [0.15, 0.2) is 34.3 Å². The number of hydrogen-bond donors (Lipinski definition) is 1. The van der Waals surface area contributed by atoms with Gasteiger partial charge in [-0.3, -0.25) is 0 Å². The normalized spacial score (nSPS) is 17.0. The fourth-order valence-corrected chi connectivity index (χ4v) is 2.83. The smallest absolute Gasteiger partial charge is 0.0548 e. The van der Waals surface area contributed by atoms with Gasteiger partial charge in [0.05, 0.1) is 11.1 Å². The Labute approximate surface area is 116 Å². The minimum absolute atomic E-state index is 0.344. The molecule has 0 saturated carbocycles. The lowest BCUT2D eigenvalue weighted by molar-refractivity contribution is 0.605. The molecular weight excluding hydrogens is 298 g/mol. The van der Waals surface area contributed by atoms with Gasteiger partial charge in [-0.05, 0) is 59.4 Å². The number of rotatable bonds is 4. The van der Waals surface area contributed by atoms with Crippen molar-refractivity contribution in [3.63, 3.8) is 0 Å². The van der Waals surface area contributed by atoms with E-state index in [0.29, 0.717) is 6.04 Å². The second kappa shape index (κ2) is 6.03. The zero-order chi connectivity index (χ0) is 12.3. The van der Waals surface area contributed by atoms with Crippen molar-refractivity contribution in [2.75, 3.05) is 6.54 Å². The maximum absolute atomic E-state index is 6.04. The maximum Gasteiger partial charge on any atom is 0.0548 e. The molecule has 0 radical (unpaired) electrons. The fraction of sp³-hybridized carbons (Fsp3) is 0.429. The first-order chi connectivity index (χ1) is 8.22. The molecule has 1 aliphatic rings. The molecule has 0 fully saturated rings. The lowest BCUT2D eigenvalue weighted by atomic mass is 9.98. The van der Waals surface area contributed by atoms with Crippen molar-refractivity contribution in [2.24, 2.45) is 0 Å². The molecule has 1 N–H and O–H groups in total. The summed E-state index contributed by atoms with van der Waals surface area (Å²) in [4.78, 5) is 0. The Bertz CT molecular complexity index is 428. The zero-order valence-electron chi connectivity index (χ0n) is 9.97. The van der Waals surface area contributed by atoms with Gasteiger partial charge in [0.2, 0.25) is 0 Å². The number of hydrogen-bond acceptors (Lipinski definition) is 1. The summed E-state index contributed by atoms with van der Waals surface area (Å²) >= 11 is 9.54. The van der Waals surface area contributed by atoms with E-state index in [1.54, 1.807) is 0 Å². The van der Waals surface area contributed by atoms with Gasteiger partial charge in [0.25, 0.3) is 0 Å². The van der Waals surface area contributed by atoms with Crippen LogP contribution in [0.2, 0.25) is 5.02 Å². The maximum atomic E-state index is 6.04. The van der Waals surface area contributed by atoms with E-state index in [0.717, 1.165) is 16.0 Å². The van der Waals surface area contributed by atoms with Crippen molar-refractivity contribution in [3.8, 4) is 0 Å². The predicted octanol–water partition coefficient (Wildman–Crippen LogP) is 4.86. The average molecular weight is 315 g/mol. The SMILES string of the molecule is CCNC(C1=CCCC1)c1ccc(Cl)c(Br)c1. The second-order valence-electron chi connectivity index (χ2n) is 4.34. The van der Waals surface area contributed by atoms with Crippen LogP contribution in [0, 0.1) is 0 Å². The van der Waals surface area contributed by atoms with Crippen LogP contribution in [-0.2, 0) is 0 Å². The molecule has 0 heterocycles. The minimum atomic E-state index is 0.344. The number of halogens is 2. The lowest BCUT2D eigenvalue weighted by Crippen LogP contribution is -2.22. The van der Waals surface area contributed by atoms with Gasteiger partial charge in [0.15, 0.2) is 0 Å². The fourth-order valence-electron chi connectivity index (χ4n) is 2.32. The highest BCUT2D eigenvalue weighted by molar-refractivity contribution is 9.10. The monoisotopic (exact) mass is 313 g/mol. The van der Waals surface area contributed by atoms with Gasteiger partial charge in [-0.2, -0.15) is 0 Å². The predicted molar refractivity (Wildman–Crippen MR) is 77.5 cm³/mol. The van der Waals surface area contributed by atoms with E-state index in [4.69, 9.17) is 11.6 Å². The van der Waals surface area contributed by atoms with Crippen LogP contribution in [0.25, 0.3) is 0 Å². The molecule has 0 spiro atoms. The van der Waals surface area contributed by atoms with E-state index in [-0.39, 0.29) is 0 Å². The minimum Gasteiger partial charge on any atom is -0.307 e. The number of likely N-dealkylation sites (N-methyl/N-ethyl adjacent to an activating group) is 1. The first-order valence-electron chi connectivity index (χ1n) is 6.09. The van der Waals surface area contributed by atoms with Crippen molar-refractivity contribution in [1.29, 1.82) is 0 Å². The van der Waals surface area contributed by atoms with Gasteiger partial charge in [0, 0.05) is 4.47 Å². The molecule has 1 aromatic rings. The van der Waals surface area contributed by atoms with E-state index in [2.05, 4.69) is 46.4 Å². The summed E-state index contributed by atoms with van der Waals surface area (Å²) in [7, 11) is 0. The molecule has 1 nitrogen and oxygen atoms in total. The summed E-state index contributed by atoms with van der Waals surface area (Å²) < 4.78 is 0.971. The molecule has 0 aromatic heterocycles. The molecule has 3 heteroatoms. The van der Waals surface area contributed by atoms with Gasteiger partial charge < -0.3 is 5.32 Å². The topological polar surface area (TPSA) is 12.0 Å². The van der Waals surface area contributed by atoms with Gasteiger partial charge in [-0.25, -0.2) is 0 Å². The Hall–Kier alpha value is -0.310. The first-order valence-corrected chi connectivity index (χ1v) is 7.26. The van der Waals surface area contributed by atoms with Crippen molar-refractivity contribution >= 4 is 27.5 Å². The van der Waals surface area contributed by atoms with Crippen LogP contribution in [-0.4, -0.2) is 6.54 Å². The molecule has 1 unspecified atom stereocenters. The summed E-state index contributed by atoms with van der Waals surface area (Å²) in [5.41, 5.74) is 2.80. The Kier molecular flexibility index (Phi) is 4.66. The first kappa shape index (κ1) is 13.1. The summed E-state index contributed by atoms with van der Waals surface area (Å²) in [5.74, 6) is 0. The van der Waals surface area contributed by atoms with Crippen LogP contribution < -0.4 is 5.32 Å². The van der Waals surface area contributed by atoms with Gasteiger partial charge in [0.1, 0.15) is 0 Å². The Morgan fingerprint density at radius 2 is 2.29 bits per heavy atom. The summed E-state index contributed by atoms with van der Waals surface area (Å²) in [5, 5.41) is 4.32. The number of benzene rings is 1. The molecule has 1 aliphatic carbocycles. The van der Waals surface area contributed by atoms with Crippen LogP contribution in [0.4, 0.5) is 0 Å². The van der Waals surface area contributed by atoms with E-state index in [1.165, 1.54) is 30.4 Å². The van der Waals surface area contributed by atoms with E-state index < -0.39 is 0 Å². The molecule has 1 aromatic carbocycles. The number of nitrogens with one attached hydrogen (secondary N) is 1. The highest BCUT2D eigenvalue weighted by Crippen LogP contribution is 2.33. The summed E-state index contributed by atoms with van der Waals surface area (Å²) in [6.45, 7) is 3.12. The van der Waals surface area contributed by atoms with Gasteiger partial charge >= 0.3 is 0 Å². The summed E-state index contributed by atoms with van der Waals surface area (Å²) in [6.07, 6.45) is 6.08. The van der Waals surface area contributed by atoms with Gasteiger partial charge in [-0.1, -0.05) is 36.2 Å². The largest absolute Gasteiger partial charge is 0.307 e. The molecule has 0 amide bonds. The standard InChI is InChI=1S/C14H17BrClN/c1-2-17-14(10-5-3-4-6-10)11-7-8-13(16)12(15)9-11/h5,7-9,14,17H,2-4,6H2,1H3. The van der Waals surface area contributed by atoms with Crippen LogP contribution in [0.3, 0.4) is 0 Å². The zero-order valence-corrected chi connectivity index (χ0v) is 12.3. The molecular formula is C14H17BrClN. The van der Waals surface area contributed by atoms with Crippen LogP contribution in [0.5, 0.6) is 0 Å². The number of allylic oxidation sites excluding steroid dienone is 1. The second-order valence-corrected chi connectivity index (χ2v) is 5.60. The highest BCUT2D eigenvalue weighted by Gasteiger charge is 2.18. The third kappa shape index (κ3) is 3.12. The Morgan fingerprint density at radius 3 is 2.88 bits per heavy atom.